The number of benzene rings is 1. The maximum Gasteiger partial charge on any atom is 0.340 e. The van der Waals surface area contributed by atoms with Gasteiger partial charge in [-0.05, 0) is 93.6 Å². The van der Waals surface area contributed by atoms with E-state index in [9.17, 15) is 4.79 Å². The van der Waals surface area contributed by atoms with Crippen LogP contribution in [0.5, 0.6) is 5.75 Å². The van der Waals surface area contributed by atoms with E-state index in [1.165, 1.54) is 5.56 Å². The molecule has 162 valence electrons. The first-order valence-corrected chi connectivity index (χ1v) is 11.2. The zero-order valence-electron chi connectivity index (χ0n) is 18.6. The molecule has 0 fully saturated rings. The number of rotatable bonds is 5. The molecule has 1 aliphatic heterocycles. The lowest BCUT2D eigenvalue weighted by atomic mass is 9.92. The van der Waals surface area contributed by atoms with Gasteiger partial charge in [-0.1, -0.05) is 6.07 Å². The molecule has 0 saturated carbocycles. The van der Waals surface area contributed by atoms with Gasteiger partial charge >= 0.3 is 5.97 Å². The van der Waals surface area contributed by atoms with E-state index in [0.29, 0.717) is 0 Å². The average molecular weight is 476 g/mol. The highest BCUT2D eigenvalue weighted by atomic mass is 79.9. The lowest BCUT2D eigenvalue weighted by Crippen LogP contribution is -2.30. The summed E-state index contributed by atoms with van der Waals surface area (Å²) < 4.78 is 18.2. The van der Waals surface area contributed by atoms with Crippen molar-refractivity contribution in [2.45, 2.75) is 66.1 Å². The number of hydrogen-bond acceptors (Lipinski definition) is 5. The lowest BCUT2D eigenvalue weighted by Gasteiger charge is -2.29. The molecular formula is C24H30BrNO4. The van der Waals surface area contributed by atoms with Crippen molar-refractivity contribution in [1.29, 1.82) is 0 Å². The summed E-state index contributed by atoms with van der Waals surface area (Å²) in [5.74, 6) is 0.522. The summed E-state index contributed by atoms with van der Waals surface area (Å²) in [6.07, 6.45) is 1.09. The topological polar surface area (TPSA) is 57.7 Å². The molecule has 1 aromatic heterocycles. The van der Waals surface area contributed by atoms with Crippen LogP contribution < -0.4 is 4.74 Å². The van der Waals surface area contributed by atoms with Crippen molar-refractivity contribution in [3.63, 3.8) is 0 Å². The van der Waals surface area contributed by atoms with Crippen LogP contribution in [0.3, 0.4) is 0 Å². The first kappa shape index (κ1) is 22.8. The van der Waals surface area contributed by atoms with E-state index in [4.69, 9.17) is 14.2 Å². The van der Waals surface area contributed by atoms with Gasteiger partial charge in [0.05, 0.1) is 24.5 Å². The number of carbonyl (C=O) groups excluding carboxylic acids is 1. The van der Waals surface area contributed by atoms with Gasteiger partial charge in [0.1, 0.15) is 5.75 Å². The first-order valence-electron chi connectivity index (χ1n) is 10.4. The van der Waals surface area contributed by atoms with Gasteiger partial charge in [0, 0.05) is 21.3 Å². The van der Waals surface area contributed by atoms with E-state index in [1.807, 2.05) is 46.8 Å². The third-order valence-electron chi connectivity index (χ3n) is 4.96. The number of carbonyl (C=O) groups is 1. The molecule has 2 heterocycles. The Morgan fingerprint density at radius 1 is 1.27 bits per heavy atom. The molecule has 3 rings (SSSR count). The normalized spacial score (nSPS) is 14.6. The Labute approximate surface area is 187 Å². The van der Waals surface area contributed by atoms with E-state index >= 15 is 0 Å². The van der Waals surface area contributed by atoms with Crippen molar-refractivity contribution in [3.8, 4) is 16.9 Å². The summed E-state index contributed by atoms with van der Waals surface area (Å²) in [4.78, 5) is 17.7. The Morgan fingerprint density at radius 3 is 2.67 bits per heavy atom. The van der Waals surface area contributed by atoms with Gasteiger partial charge < -0.3 is 14.2 Å². The van der Waals surface area contributed by atoms with Crippen molar-refractivity contribution in [1.82, 2.24) is 4.98 Å². The van der Waals surface area contributed by atoms with Gasteiger partial charge in [0.25, 0.3) is 0 Å². The van der Waals surface area contributed by atoms with Gasteiger partial charge in [-0.15, -0.1) is 0 Å². The molecule has 0 unspecified atom stereocenters. The molecule has 0 aliphatic carbocycles. The number of esters is 1. The largest absolute Gasteiger partial charge is 0.493 e. The molecule has 0 bridgehead atoms. The smallest absolute Gasteiger partial charge is 0.340 e. The highest BCUT2D eigenvalue weighted by Crippen LogP contribution is 2.42. The predicted octanol–water partition coefficient (Wildman–Crippen LogP) is 5.87. The number of hydrogen-bond donors (Lipinski definition) is 0. The molecular weight excluding hydrogens is 446 g/mol. The first-order chi connectivity index (χ1) is 14.1. The lowest BCUT2D eigenvalue weighted by molar-refractivity contribution is -0.166. The van der Waals surface area contributed by atoms with Crippen LogP contribution in [0, 0.1) is 13.8 Å². The van der Waals surface area contributed by atoms with Crippen molar-refractivity contribution >= 4 is 21.9 Å². The number of halogens is 1. The summed E-state index contributed by atoms with van der Waals surface area (Å²) in [6.45, 7) is 12.5. The molecule has 1 atom stereocenters. The van der Waals surface area contributed by atoms with E-state index in [2.05, 4.69) is 27.0 Å². The van der Waals surface area contributed by atoms with Gasteiger partial charge in [-0.2, -0.15) is 0 Å². The quantitative estimate of drug-likeness (QED) is 0.505. The molecule has 0 saturated heterocycles. The Hall–Kier alpha value is -1.92. The van der Waals surface area contributed by atoms with Crippen molar-refractivity contribution in [2.24, 2.45) is 0 Å². The Morgan fingerprint density at radius 2 is 2.00 bits per heavy atom. The van der Waals surface area contributed by atoms with Crippen LogP contribution in [0.2, 0.25) is 0 Å². The second-order valence-corrected chi connectivity index (χ2v) is 9.32. The van der Waals surface area contributed by atoms with Gasteiger partial charge in [0.2, 0.25) is 0 Å². The van der Waals surface area contributed by atoms with E-state index in [-0.39, 0.29) is 6.61 Å². The number of aromatic nitrogens is 1. The predicted molar refractivity (Wildman–Crippen MR) is 121 cm³/mol. The molecule has 5 nitrogen and oxygen atoms in total. The maximum atomic E-state index is 13.0. The van der Waals surface area contributed by atoms with Gasteiger partial charge in [-0.25, -0.2) is 4.79 Å². The molecule has 2 aromatic rings. The summed E-state index contributed by atoms with van der Waals surface area (Å²) in [7, 11) is 0. The molecule has 1 aromatic carbocycles. The second-order valence-electron chi connectivity index (χ2n) is 8.52. The zero-order valence-corrected chi connectivity index (χ0v) is 20.2. The van der Waals surface area contributed by atoms with Crippen LogP contribution >= 0.6 is 15.9 Å². The van der Waals surface area contributed by atoms with Crippen molar-refractivity contribution in [3.05, 3.63) is 45.2 Å². The number of fused-ring (bicyclic) bond motifs is 1. The third-order valence-corrected chi connectivity index (χ3v) is 5.93. The summed E-state index contributed by atoms with van der Waals surface area (Å²) in [6, 6.07) is 6.19. The third kappa shape index (κ3) is 4.86. The van der Waals surface area contributed by atoms with Crippen LogP contribution in [0.4, 0.5) is 0 Å². The molecule has 0 radical (unpaired) electrons. The fourth-order valence-corrected chi connectivity index (χ4v) is 4.29. The van der Waals surface area contributed by atoms with E-state index in [0.717, 1.165) is 57.7 Å². The summed E-state index contributed by atoms with van der Waals surface area (Å²) >= 11 is 3.73. The molecule has 6 heteroatoms. The van der Waals surface area contributed by atoms with Crippen molar-refractivity contribution < 1.29 is 19.0 Å². The fourth-order valence-electron chi connectivity index (χ4n) is 3.76. The Balaban J connectivity index is 2.23. The minimum absolute atomic E-state index is 0.286. The van der Waals surface area contributed by atoms with E-state index < -0.39 is 17.7 Å². The monoisotopic (exact) mass is 475 g/mol. The average Bonchev–Trinajstić information content (AvgIpc) is 2.68. The number of aryl methyl sites for hydroxylation is 3. The maximum absolute atomic E-state index is 13.0. The summed E-state index contributed by atoms with van der Waals surface area (Å²) in [5.41, 5.74) is 4.89. The molecule has 0 N–H and O–H groups in total. The SMILES string of the molecule is CCOC(=O)[C@@H](OC(C)(C)C)c1c(C)nc(C)c(Br)c1-c1ccc2c(c1)CCCO2. The Bertz CT molecular complexity index is 949. The highest BCUT2D eigenvalue weighted by Gasteiger charge is 2.34. The Kier molecular flexibility index (Phi) is 6.88. The molecule has 0 amide bonds. The number of pyridine rings is 1. The van der Waals surface area contributed by atoms with Crippen LogP contribution in [0.15, 0.2) is 22.7 Å². The minimum atomic E-state index is -0.878. The zero-order chi connectivity index (χ0) is 22.1. The highest BCUT2D eigenvalue weighted by molar-refractivity contribution is 9.10. The second kappa shape index (κ2) is 9.06. The number of ether oxygens (including phenoxy) is 3. The molecule has 30 heavy (non-hydrogen) atoms. The van der Waals surface area contributed by atoms with Crippen LogP contribution in [-0.2, 0) is 20.7 Å². The minimum Gasteiger partial charge on any atom is -0.493 e. The van der Waals surface area contributed by atoms with Crippen molar-refractivity contribution in [2.75, 3.05) is 13.2 Å². The van der Waals surface area contributed by atoms with E-state index in [1.54, 1.807) is 6.92 Å². The standard InChI is InChI=1S/C24H30BrNO4/c1-7-28-23(27)22(30-24(4,5)6)19-14(2)26-15(3)21(25)20(19)17-10-11-18-16(13-17)9-8-12-29-18/h10-11,13,22H,7-9,12H2,1-6H3/t22-/m0/s1. The number of nitrogens with zero attached hydrogens (tertiary/aromatic N) is 1. The van der Waals surface area contributed by atoms with Crippen LogP contribution in [0.25, 0.3) is 11.1 Å². The van der Waals surface area contributed by atoms with Crippen LogP contribution in [0.1, 0.15) is 62.7 Å². The molecule has 0 spiro atoms. The van der Waals surface area contributed by atoms with Gasteiger partial charge in [-0.3, -0.25) is 4.98 Å². The van der Waals surface area contributed by atoms with Crippen LogP contribution in [-0.4, -0.2) is 29.8 Å². The fraction of sp³-hybridized carbons (Fsp3) is 0.500. The van der Waals surface area contributed by atoms with Gasteiger partial charge in [0.15, 0.2) is 6.10 Å². The summed E-state index contributed by atoms with van der Waals surface area (Å²) in [5, 5.41) is 0. The molecule has 1 aliphatic rings.